The summed E-state index contributed by atoms with van der Waals surface area (Å²) in [6, 6.07) is 10.9. The fraction of sp³-hybridized carbons (Fsp3) is 0.560. The Labute approximate surface area is 192 Å². The fourth-order valence-corrected chi connectivity index (χ4v) is 5.81. The highest BCUT2D eigenvalue weighted by Crippen LogP contribution is 2.43. The summed E-state index contributed by atoms with van der Waals surface area (Å²) in [5.74, 6) is 1.09. The SMILES string of the molecule is CCC.C[C@H]1[C@](C)(c2ccc(OCCCN3CCCC3)cc2)Oc2cccnc2S1(=O)=O. The lowest BCUT2D eigenvalue weighted by atomic mass is 9.92. The highest BCUT2D eigenvalue weighted by Gasteiger charge is 2.49. The van der Waals surface area contributed by atoms with Crippen molar-refractivity contribution in [3.8, 4) is 11.5 Å². The van der Waals surface area contributed by atoms with Gasteiger partial charge < -0.3 is 14.4 Å². The highest BCUT2D eigenvalue weighted by molar-refractivity contribution is 7.92. The summed E-state index contributed by atoms with van der Waals surface area (Å²) in [6.07, 6.45) is 6.34. The summed E-state index contributed by atoms with van der Waals surface area (Å²) in [5.41, 5.74) is -0.198. The Hall–Kier alpha value is -2.12. The van der Waals surface area contributed by atoms with Crippen molar-refractivity contribution in [1.82, 2.24) is 9.88 Å². The van der Waals surface area contributed by atoms with Crippen molar-refractivity contribution in [3.05, 3.63) is 48.2 Å². The first-order chi connectivity index (χ1) is 15.3. The molecule has 0 N–H and O–H groups in total. The summed E-state index contributed by atoms with van der Waals surface area (Å²) in [6.45, 7) is 11.9. The van der Waals surface area contributed by atoms with E-state index in [2.05, 4.69) is 23.7 Å². The summed E-state index contributed by atoms with van der Waals surface area (Å²) < 4.78 is 38.0. The molecule has 0 radical (unpaired) electrons. The van der Waals surface area contributed by atoms with Crippen molar-refractivity contribution in [1.29, 1.82) is 0 Å². The van der Waals surface area contributed by atoms with Gasteiger partial charge in [-0.05, 0) is 76.0 Å². The fourth-order valence-electron chi connectivity index (χ4n) is 4.10. The number of pyridine rings is 1. The van der Waals surface area contributed by atoms with Crippen LogP contribution >= 0.6 is 0 Å². The topological polar surface area (TPSA) is 68.7 Å². The molecule has 3 heterocycles. The van der Waals surface area contributed by atoms with Crippen LogP contribution in [0.4, 0.5) is 0 Å². The van der Waals surface area contributed by atoms with Gasteiger partial charge in [-0.3, -0.25) is 0 Å². The van der Waals surface area contributed by atoms with Gasteiger partial charge in [0.25, 0.3) is 0 Å². The number of fused-ring (bicyclic) bond motifs is 1. The minimum Gasteiger partial charge on any atom is -0.494 e. The lowest BCUT2D eigenvalue weighted by molar-refractivity contribution is 0.0734. The van der Waals surface area contributed by atoms with Crippen LogP contribution in [0.3, 0.4) is 0 Å². The molecular weight excluding hydrogens is 424 g/mol. The molecule has 0 bridgehead atoms. The van der Waals surface area contributed by atoms with E-state index in [0.717, 1.165) is 24.3 Å². The number of hydrogen-bond acceptors (Lipinski definition) is 6. The van der Waals surface area contributed by atoms with Crippen LogP contribution in [0.15, 0.2) is 47.6 Å². The molecule has 1 aromatic heterocycles. The molecular formula is C25H36N2O4S. The summed E-state index contributed by atoms with van der Waals surface area (Å²) >= 11 is 0. The number of sulfone groups is 1. The molecule has 2 aromatic rings. The molecule has 0 spiro atoms. The van der Waals surface area contributed by atoms with E-state index in [1.807, 2.05) is 31.2 Å². The predicted molar refractivity (Wildman–Crippen MR) is 127 cm³/mol. The van der Waals surface area contributed by atoms with Crippen LogP contribution in [0.5, 0.6) is 11.5 Å². The van der Waals surface area contributed by atoms with Gasteiger partial charge in [-0.1, -0.05) is 32.4 Å². The van der Waals surface area contributed by atoms with Crippen LogP contribution in [0, 0.1) is 0 Å². The van der Waals surface area contributed by atoms with Gasteiger partial charge in [0.05, 0.1) is 6.61 Å². The second-order valence-corrected chi connectivity index (χ2v) is 10.9. The number of ether oxygens (including phenoxy) is 2. The first kappa shape index (κ1) is 24.5. The molecule has 0 saturated carbocycles. The number of nitrogens with zero attached hydrogens (tertiary/aromatic N) is 2. The van der Waals surface area contributed by atoms with Crippen LogP contribution < -0.4 is 9.47 Å². The first-order valence-electron chi connectivity index (χ1n) is 11.7. The van der Waals surface area contributed by atoms with E-state index in [1.165, 1.54) is 38.5 Å². The van der Waals surface area contributed by atoms with Crippen LogP contribution in [0.1, 0.15) is 58.9 Å². The van der Waals surface area contributed by atoms with Crippen molar-refractivity contribution in [2.24, 2.45) is 0 Å². The molecule has 2 aliphatic heterocycles. The van der Waals surface area contributed by atoms with Crippen LogP contribution in [0.2, 0.25) is 0 Å². The first-order valence-corrected chi connectivity index (χ1v) is 13.2. The van der Waals surface area contributed by atoms with Gasteiger partial charge in [-0.2, -0.15) is 0 Å². The van der Waals surface area contributed by atoms with Crippen molar-refractivity contribution < 1.29 is 17.9 Å². The third-order valence-corrected chi connectivity index (χ3v) is 8.31. The molecule has 1 saturated heterocycles. The molecule has 4 rings (SSSR count). The van der Waals surface area contributed by atoms with Gasteiger partial charge in [-0.15, -0.1) is 0 Å². The van der Waals surface area contributed by atoms with E-state index in [0.29, 0.717) is 12.4 Å². The minimum absolute atomic E-state index is 0.0166. The largest absolute Gasteiger partial charge is 0.494 e. The van der Waals surface area contributed by atoms with Gasteiger partial charge in [-0.25, -0.2) is 13.4 Å². The van der Waals surface area contributed by atoms with Crippen LogP contribution in [0.25, 0.3) is 0 Å². The lowest BCUT2D eigenvalue weighted by Crippen LogP contribution is -2.48. The molecule has 32 heavy (non-hydrogen) atoms. The van der Waals surface area contributed by atoms with E-state index in [4.69, 9.17) is 9.47 Å². The third-order valence-electron chi connectivity index (χ3n) is 6.08. The Kier molecular flexibility index (Phi) is 8.17. The standard InChI is InChI=1S/C22H28N2O4S.C3H8/c1-17-22(2,28-20-7-5-12-23-21(20)29(17,25)26)18-8-10-19(11-9-18)27-16-6-15-24-13-3-4-14-24;1-3-2/h5,7-12,17H,3-4,6,13-16H2,1-2H3;3H2,1-2H3/t17-,22+;/m0./s1. The molecule has 7 heteroatoms. The lowest BCUT2D eigenvalue weighted by Gasteiger charge is -2.40. The monoisotopic (exact) mass is 460 g/mol. The molecule has 1 fully saturated rings. The molecule has 1 aromatic carbocycles. The Morgan fingerprint density at radius 3 is 2.47 bits per heavy atom. The van der Waals surface area contributed by atoms with E-state index in [1.54, 1.807) is 19.1 Å². The van der Waals surface area contributed by atoms with Crippen molar-refractivity contribution >= 4 is 9.84 Å². The van der Waals surface area contributed by atoms with E-state index in [9.17, 15) is 8.42 Å². The van der Waals surface area contributed by atoms with Gasteiger partial charge >= 0.3 is 0 Å². The Morgan fingerprint density at radius 1 is 1.16 bits per heavy atom. The van der Waals surface area contributed by atoms with Crippen LogP contribution in [-0.2, 0) is 15.4 Å². The number of hydrogen-bond donors (Lipinski definition) is 0. The molecule has 0 aliphatic carbocycles. The number of likely N-dealkylation sites (tertiary alicyclic amines) is 1. The van der Waals surface area contributed by atoms with Crippen molar-refractivity contribution in [2.75, 3.05) is 26.2 Å². The maximum Gasteiger partial charge on any atom is 0.206 e. The zero-order valence-electron chi connectivity index (χ0n) is 19.7. The zero-order valence-corrected chi connectivity index (χ0v) is 20.5. The van der Waals surface area contributed by atoms with E-state index >= 15 is 0 Å². The van der Waals surface area contributed by atoms with Crippen molar-refractivity contribution in [2.45, 2.75) is 69.3 Å². The average molecular weight is 461 g/mol. The normalized spacial score (nSPS) is 24.1. The van der Waals surface area contributed by atoms with Crippen molar-refractivity contribution in [3.63, 3.8) is 0 Å². The zero-order chi connectivity index (χ0) is 23.2. The molecule has 2 atom stereocenters. The smallest absolute Gasteiger partial charge is 0.206 e. The number of aromatic nitrogens is 1. The maximum absolute atomic E-state index is 13.0. The summed E-state index contributed by atoms with van der Waals surface area (Å²) in [7, 11) is -3.58. The summed E-state index contributed by atoms with van der Waals surface area (Å²) in [5, 5.41) is -0.743. The maximum atomic E-state index is 13.0. The molecule has 6 nitrogen and oxygen atoms in total. The third kappa shape index (κ3) is 5.26. The predicted octanol–water partition coefficient (Wildman–Crippen LogP) is 4.83. The molecule has 0 unspecified atom stereocenters. The summed E-state index contributed by atoms with van der Waals surface area (Å²) in [4.78, 5) is 6.50. The van der Waals surface area contributed by atoms with Gasteiger partial charge in [0.2, 0.25) is 9.84 Å². The van der Waals surface area contributed by atoms with Gasteiger partial charge in [0, 0.05) is 12.7 Å². The minimum atomic E-state index is -3.58. The van der Waals surface area contributed by atoms with Crippen LogP contribution in [-0.4, -0.2) is 49.8 Å². The van der Waals surface area contributed by atoms with Gasteiger partial charge in [0.15, 0.2) is 10.8 Å². The molecule has 176 valence electrons. The molecule has 0 amide bonds. The molecule has 2 aliphatic rings. The Bertz CT molecular complexity index is 972. The van der Waals surface area contributed by atoms with E-state index < -0.39 is 20.7 Å². The Morgan fingerprint density at radius 2 is 1.81 bits per heavy atom. The Balaban J connectivity index is 0.000000913. The average Bonchev–Trinajstić information content (AvgIpc) is 3.30. The quantitative estimate of drug-likeness (QED) is 0.575. The van der Waals surface area contributed by atoms with E-state index in [-0.39, 0.29) is 5.03 Å². The number of rotatable bonds is 6. The number of benzene rings is 1. The highest BCUT2D eigenvalue weighted by atomic mass is 32.2. The van der Waals surface area contributed by atoms with Gasteiger partial charge in [0.1, 0.15) is 16.6 Å². The second kappa shape index (κ2) is 10.7. The second-order valence-electron chi connectivity index (χ2n) is 8.69.